The molecule has 1 unspecified atom stereocenters. The SMILES string of the molecule is COC(=O)C1CN(c2cncc(N)n2)CCO1. The summed E-state index contributed by atoms with van der Waals surface area (Å²) in [5, 5.41) is 0. The van der Waals surface area contributed by atoms with E-state index in [0.717, 1.165) is 0 Å². The third kappa shape index (κ3) is 2.62. The zero-order valence-corrected chi connectivity index (χ0v) is 9.50. The second kappa shape index (κ2) is 4.96. The normalized spacial score (nSPS) is 20.1. The number of hydrogen-bond donors (Lipinski definition) is 1. The van der Waals surface area contributed by atoms with Crippen LogP contribution in [0.5, 0.6) is 0 Å². The van der Waals surface area contributed by atoms with Crippen LogP contribution in [0.2, 0.25) is 0 Å². The quantitative estimate of drug-likeness (QED) is 0.690. The molecule has 7 nitrogen and oxygen atoms in total. The summed E-state index contributed by atoms with van der Waals surface area (Å²) in [5.74, 6) is 0.609. The lowest BCUT2D eigenvalue weighted by atomic mass is 10.3. The van der Waals surface area contributed by atoms with Gasteiger partial charge in [-0.15, -0.1) is 0 Å². The molecule has 0 amide bonds. The van der Waals surface area contributed by atoms with Gasteiger partial charge in [0.25, 0.3) is 0 Å². The molecular formula is C10H14N4O3. The van der Waals surface area contributed by atoms with E-state index in [1.165, 1.54) is 13.3 Å². The molecule has 17 heavy (non-hydrogen) atoms. The van der Waals surface area contributed by atoms with Gasteiger partial charge in [-0.1, -0.05) is 0 Å². The van der Waals surface area contributed by atoms with Crippen molar-refractivity contribution in [2.75, 3.05) is 37.4 Å². The zero-order chi connectivity index (χ0) is 12.3. The fourth-order valence-electron chi connectivity index (χ4n) is 1.65. The van der Waals surface area contributed by atoms with Crippen molar-refractivity contribution < 1.29 is 14.3 Å². The lowest BCUT2D eigenvalue weighted by Crippen LogP contribution is -2.47. The van der Waals surface area contributed by atoms with E-state index in [9.17, 15) is 4.79 Å². The number of nitrogen functional groups attached to an aromatic ring is 1. The molecule has 1 aromatic heterocycles. The number of rotatable bonds is 2. The van der Waals surface area contributed by atoms with E-state index < -0.39 is 6.10 Å². The Labute approximate surface area is 98.5 Å². The van der Waals surface area contributed by atoms with Crippen molar-refractivity contribution >= 4 is 17.6 Å². The molecular weight excluding hydrogens is 224 g/mol. The van der Waals surface area contributed by atoms with Gasteiger partial charge in [-0.05, 0) is 0 Å². The molecule has 0 spiro atoms. The standard InChI is InChI=1S/C10H14N4O3/c1-16-10(15)7-6-14(2-3-17-7)9-5-12-4-8(11)13-9/h4-5,7H,2-3,6H2,1H3,(H2,11,13). The number of morpholine rings is 1. The van der Waals surface area contributed by atoms with Crippen molar-refractivity contribution in [2.45, 2.75) is 6.10 Å². The van der Waals surface area contributed by atoms with Crippen LogP contribution >= 0.6 is 0 Å². The summed E-state index contributed by atoms with van der Waals surface area (Å²) >= 11 is 0. The summed E-state index contributed by atoms with van der Waals surface area (Å²) < 4.78 is 9.96. The highest BCUT2D eigenvalue weighted by Gasteiger charge is 2.28. The second-order valence-electron chi connectivity index (χ2n) is 3.63. The van der Waals surface area contributed by atoms with Crippen LogP contribution in [0.1, 0.15) is 0 Å². The number of aromatic nitrogens is 2. The van der Waals surface area contributed by atoms with E-state index in [1.807, 2.05) is 4.90 Å². The van der Waals surface area contributed by atoms with E-state index in [2.05, 4.69) is 14.7 Å². The highest BCUT2D eigenvalue weighted by Crippen LogP contribution is 2.15. The van der Waals surface area contributed by atoms with Gasteiger partial charge in [0.1, 0.15) is 11.6 Å². The van der Waals surface area contributed by atoms with Gasteiger partial charge in [-0.3, -0.25) is 4.98 Å². The van der Waals surface area contributed by atoms with Crippen molar-refractivity contribution in [2.24, 2.45) is 0 Å². The van der Waals surface area contributed by atoms with Gasteiger partial charge in [-0.2, -0.15) is 0 Å². The van der Waals surface area contributed by atoms with Crippen LogP contribution in [0, 0.1) is 0 Å². The molecule has 1 aliphatic heterocycles. The summed E-state index contributed by atoms with van der Waals surface area (Å²) in [6, 6.07) is 0. The molecule has 1 fully saturated rings. The average molecular weight is 238 g/mol. The Hall–Kier alpha value is -1.89. The number of carbonyl (C=O) groups excluding carboxylic acids is 1. The molecule has 1 aromatic rings. The smallest absolute Gasteiger partial charge is 0.336 e. The molecule has 0 aromatic carbocycles. The highest BCUT2D eigenvalue weighted by molar-refractivity contribution is 5.75. The third-order valence-corrected chi connectivity index (χ3v) is 2.49. The number of nitrogens with two attached hydrogens (primary N) is 1. The van der Waals surface area contributed by atoms with Gasteiger partial charge in [-0.25, -0.2) is 9.78 Å². The molecule has 2 heterocycles. The van der Waals surface area contributed by atoms with Gasteiger partial charge < -0.3 is 20.1 Å². The number of carbonyl (C=O) groups is 1. The van der Waals surface area contributed by atoms with Gasteiger partial charge in [0.05, 0.1) is 32.7 Å². The first-order valence-electron chi connectivity index (χ1n) is 5.22. The fourth-order valence-corrected chi connectivity index (χ4v) is 1.65. The predicted molar refractivity (Wildman–Crippen MR) is 60.4 cm³/mol. The highest BCUT2D eigenvalue weighted by atomic mass is 16.6. The molecule has 92 valence electrons. The lowest BCUT2D eigenvalue weighted by molar-refractivity contribution is -0.154. The first-order valence-corrected chi connectivity index (χ1v) is 5.22. The predicted octanol–water partition coefficient (Wildman–Crippen LogP) is -0.563. The Morgan fingerprint density at radius 2 is 2.47 bits per heavy atom. The summed E-state index contributed by atoms with van der Waals surface area (Å²) in [5.41, 5.74) is 5.56. The molecule has 0 radical (unpaired) electrons. The van der Waals surface area contributed by atoms with E-state index in [1.54, 1.807) is 6.20 Å². The van der Waals surface area contributed by atoms with Crippen LogP contribution in [0.15, 0.2) is 12.4 Å². The third-order valence-electron chi connectivity index (χ3n) is 2.49. The van der Waals surface area contributed by atoms with Crippen molar-refractivity contribution in [1.82, 2.24) is 9.97 Å². The fraction of sp³-hybridized carbons (Fsp3) is 0.500. The van der Waals surface area contributed by atoms with E-state index >= 15 is 0 Å². The van der Waals surface area contributed by atoms with Crippen LogP contribution in [0.3, 0.4) is 0 Å². The first kappa shape index (κ1) is 11.6. The van der Waals surface area contributed by atoms with Crippen LogP contribution in [0.4, 0.5) is 11.6 Å². The van der Waals surface area contributed by atoms with Crippen LogP contribution < -0.4 is 10.6 Å². The van der Waals surface area contributed by atoms with Gasteiger partial charge in [0.15, 0.2) is 6.10 Å². The van der Waals surface area contributed by atoms with Crippen molar-refractivity contribution in [3.8, 4) is 0 Å². The zero-order valence-electron chi connectivity index (χ0n) is 9.50. The minimum atomic E-state index is -0.586. The van der Waals surface area contributed by atoms with Crippen LogP contribution in [0.25, 0.3) is 0 Å². The Morgan fingerprint density at radius 3 is 3.18 bits per heavy atom. The van der Waals surface area contributed by atoms with Crippen molar-refractivity contribution in [3.05, 3.63) is 12.4 Å². The Bertz CT molecular complexity index is 412. The van der Waals surface area contributed by atoms with Crippen molar-refractivity contribution in [3.63, 3.8) is 0 Å². The average Bonchev–Trinajstić information content (AvgIpc) is 2.38. The van der Waals surface area contributed by atoms with Crippen molar-refractivity contribution in [1.29, 1.82) is 0 Å². The second-order valence-corrected chi connectivity index (χ2v) is 3.63. The number of anilines is 2. The first-order chi connectivity index (χ1) is 8.20. The maximum Gasteiger partial charge on any atom is 0.336 e. The van der Waals surface area contributed by atoms with E-state index in [4.69, 9.17) is 10.5 Å². The van der Waals surface area contributed by atoms with Crippen LogP contribution in [-0.4, -0.2) is 48.8 Å². The molecule has 2 N–H and O–H groups in total. The monoisotopic (exact) mass is 238 g/mol. The van der Waals surface area contributed by atoms with Crippen LogP contribution in [-0.2, 0) is 14.3 Å². The minimum absolute atomic E-state index is 0.351. The summed E-state index contributed by atoms with van der Waals surface area (Å²) in [4.78, 5) is 21.4. The molecule has 0 bridgehead atoms. The number of nitrogens with zero attached hydrogens (tertiary/aromatic N) is 3. The topological polar surface area (TPSA) is 90.6 Å². The minimum Gasteiger partial charge on any atom is -0.467 e. The van der Waals surface area contributed by atoms with E-state index in [-0.39, 0.29) is 5.97 Å². The lowest BCUT2D eigenvalue weighted by Gasteiger charge is -2.32. The largest absolute Gasteiger partial charge is 0.467 e. The molecule has 1 atom stereocenters. The molecule has 0 aliphatic carbocycles. The van der Waals surface area contributed by atoms with Gasteiger partial charge in [0, 0.05) is 6.54 Å². The molecule has 1 aliphatic rings. The molecule has 1 saturated heterocycles. The Balaban J connectivity index is 2.09. The Morgan fingerprint density at radius 1 is 1.65 bits per heavy atom. The molecule has 0 saturated carbocycles. The Kier molecular flexibility index (Phi) is 3.38. The number of ether oxygens (including phenoxy) is 2. The molecule has 2 rings (SSSR count). The number of esters is 1. The van der Waals surface area contributed by atoms with Gasteiger partial charge in [0.2, 0.25) is 0 Å². The molecule has 7 heteroatoms. The number of methoxy groups -OCH3 is 1. The van der Waals surface area contributed by atoms with Gasteiger partial charge >= 0.3 is 5.97 Å². The maximum absolute atomic E-state index is 11.4. The summed E-state index contributed by atoms with van der Waals surface area (Å²) in [7, 11) is 1.34. The summed E-state index contributed by atoms with van der Waals surface area (Å²) in [6.45, 7) is 1.48. The van der Waals surface area contributed by atoms with E-state index in [0.29, 0.717) is 31.3 Å². The number of hydrogen-bond acceptors (Lipinski definition) is 7. The maximum atomic E-state index is 11.4. The summed E-state index contributed by atoms with van der Waals surface area (Å²) in [6.07, 6.45) is 2.49.